The second-order valence-electron chi connectivity index (χ2n) is 5.00. The number of aromatic nitrogens is 2. The Kier molecular flexibility index (Phi) is 5.12. The molecule has 3 aromatic rings. The van der Waals surface area contributed by atoms with Gasteiger partial charge in [0.1, 0.15) is 16.6 Å². The third-order valence-corrected chi connectivity index (χ3v) is 3.77. The summed E-state index contributed by atoms with van der Waals surface area (Å²) in [6, 6.07) is 10.2. The molecule has 24 heavy (non-hydrogen) atoms. The molecule has 0 aliphatic heterocycles. The third-order valence-electron chi connectivity index (χ3n) is 3.24. The van der Waals surface area contributed by atoms with E-state index in [9.17, 15) is 4.39 Å². The summed E-state index contributed by atoms with van der Waals surface area (Å²) in [6.45, 7) is 0.729. The number of hydrogen-bond acceptors (Lipinski definition) is 3. The van der Waals surface area contributed by atoms with Crippen LogP contribution in [0.4, 0.5) is 10.2 Å². The van der Waals surface area contributed by atoms with Gasteiger partial charge in [0.25, 0.3) is 0 Å². The first kappa shape index (κ1) is 16.5. The molecule has 0 spiro atoms. The lowest BCUT2D eigenvalue weighted by Crippen LogP contribution is -2.28. The lowest BCUT2D eigenvalue weighted by atomic mass is 10.2. The number of halogens is 2. The van der Waals surface area contributed by atoms with Crippen LogP contribution in [0.25, 0.3) is 0 Å². The van der Waals surface area contributed by atoms with E-state index in [0.717, 1.165) is 5.76 Å². The minimum atomic E-state index is -0.283. The van der Waals surface area contributed by atoms with Crippen LogP contribution in [0, 0.1) is 5.82 Å². The first-order valence-electron chi connectivity index (χ1n) is 7.15. The number of nitrogens with zero attached hydrogens (tertiary/aromatic N) is 2. The SMILES string of the molecule is Fc1ccccc1Cn1cc(Cl)c(NC(=S)NCc2ccco2)n1. The van der Waals surface area contributed by atoms with Crippen molar-refractivity contribution in [1.82, 2.24) is 15.1 Å². The predicted molar refractivity (Wildman–Crippen MR) is 94.5 cm³/mol. The van der Waals surface area contributed by atoms with Crippen LogP contribution < -0.4 is 10.6 Å². The van der Waals surface area contributed by atoms with Crippen LogP contribution in [-0.2, 0) is 13.1 Å². The van der Waals surface area contributed by atoms with Crippen LogP contribution in [0.2, 0.25) is 5.02 Å². The minimum absolute atomic E-state index is 0.278. The van der Waals surface area contributed by atoms with Crippen molar-refractivity contribution in [1.29, 1.82) is 0 Å². The van der Waals surface area contributed by atoms with Crippen molar-refractivity contribution in [3.8, 4) is 0 Å². The molecule has 2 heterocycles. The van der Waals surface area contributed by atoms with Crippen molar-refractivity contribution < 1.29 is 8.81 Å². The Balaban J connectivity index is 1.61. The van der Waals surface area contributed by atoms with Gasteiger partial charge in [0, 0.05) is 11.8 Å². The van der Waals surface area contributed by atoms with Crippen molar-refractivity contribution in [2.45, 2.75) is 13.1 Å². The molecule has 2 N–H and O–H groups in total. The highest BCUT2D eigenvalue weighted by Crippen LogP contribution is 2.20. The molecule has 0 bridgehead atoms. The van der Waals surface area contributed by atoms with E-state index >= 15 is 0 Å². The van der Waals surface area contributed by atoms with Gasteiger partial charge < -0.3 is 15.1 Å². The van der Waals surface area contributed by atoms with Gasteiger partial charge in [-0.3, -0.25) is 4.68 Å². The van der Waals surface area contributed by atoms with Crippen LogP contribution in [0.1, 0.15) is 11.3 Å². The molecule has 0 atom stereocenters. The zero-order valence-electron chi connectivity index (χ0n) is 12.5. The Hall–Kier alpha value is -2.38. The van der Waals surface area contributed by atoms with E-state index in [2.05, 4.69) is 15.7 Å². The molecule has 0 aliphatic carbocycles. The molecule has 3 rings (SSSR count). The molecule has 0 aliphatic rings. The molecule has 0 fully saturated rings. The van der Waals surface area contributed by atoms with Crippen LogP contribution in [0.5, 0.6) is 0 Å². The van der Waals surface area contributed by atoms with Gasteiger partial charge in [-0.05, 0) is 30.4 Å². The van der Waals surface area contributed by atoms with Crippen molar-refractivity contribution in [2.75, 3.05) is 5.32 Å². The number of benzene rings is 1. The van der Waals surface area contributed by atoms with E-state index in [-0.39, 0.29) is 12.4 Å². The lowest BCUT2D eigenvalue weighted by Gasteiger charge is -2.07. The standard InChI is InChI=1S/C16H14ClFN4OS/c17-13-10-22(9-11-4-1-2-6-14(11)18)21-15(13)20-16(24)19-8-12-5-3-7-23-12/h1-7,10H,8-9H2,(H2,19,20,21,24). The molecule has 124 valence electrons. The Morgan fingerprint density at radius 2 is 2.12 bits per heavy atom. The van der Waals surface area contributed by atoms with Crippen LogP contribution in [0.3, 0.4) is 0 Å². The van der Waals surface area contributed by atoms with Gasteiger partial charge in [-0.2, -0.15) is 5.10 Å². The topological polar surface area (TPSA) is 55.0 Å². The summed E-state index contributed by atoms with van der Waals surface area (Å²) in [5, 5.41) is 11.0. The predicted octanol–water partition coefficient (Wildman–Crippen LogP) is 3.80. The third kappa shape index (κ3) is 4.12. The molecule has 0 saturated carbocycles. The summed E-state index contributed by atoms with van der Waals surface area (Å²) < 4.78 is 20.5. The van der Waals surface area contributed by atoms with Crippen molar-refractivity contribution in [3.05, 3.63) is 71.0 Å². The van der Waals surface area contributed by atoms with Crippen LogP contribution in [-0.4, -0.2) is 14.9 Å². The molecule has 8 heteroatoms. The number of furan rings is 1. The van der Waals surface area contributed by atoms with E-state index in [1.807, 2.05) is 6.07 Å². The maximum absolute atomic E-state index is 13.7. The Morgan fingerprint density at radius 1 is 1.29 bits per heavy atom. The number of rotatable bonds is 5. The van der Waals surface area contributed by atoms with Crippen molar-refractivity contribution >= 4 is 34.7 Å². The summed E-state index contributed by atoms with van der Waals surface area (Å²) in [5.41, 5.74) is 0.529. The Bertz CT molecular complexity index is 834. The van der Waals surface area contributed by atoms with Gasteiger partial charge in [0.2, 0.25) is 0 Å². The summed E-state index contributed by atoms with van der Waals surface area (Å²) >= 11 is 11.3. The smallest absolute Gasteiger partial charge is 0.173 e. The fraction of sp³-hybridized carbons (Fsp3) is 0.125. The first-order chi connectivity index (χ1) is 11.6. The average molecular weight is 365 g/mol. The van der Waals surface area contributed by atoms with E-state index in [1.54, 1.807) is 41.4 Å². The number of anilines is 1. The van der Waals surface area contributed by atoms with Gasteiger partial charge in [0.15, 0.2) is 10.9 Å². The molecule has 2 aromatic heterocycles. The molecule has 0 radical (unpaired) electrons. The second kappa shape index (κ2) is 7.46. The van der Waals surface area contributed by atoms with E-state index in [0.29, 0.717) is 28.1 Å². The highest BCUT2D eigenvalue weighted by Gasteiger charge is 2.10. The minimum Gasteiger partial charge on any atom is -0.467 e. The zero-order valence-corrected chi connectivity index (χ0v) is 14.1. The van der Waals surface area contributed by atoms with Gasteiger partial charge in [-0.25, -0.2) is 4.39 Å². The number of thiocarbonyl (C=S) groups is 1. The summed E-state index contributed by atoms with van der Waals surface area (Å²) in [4.78, 5) is 0. The summed E-state index contributed by atoms with van der Waals surface area (Å²) in [6.07, 6.45) is 3.21. The summed E-state index contributed by atoms with van der Waals surface area (Å²) in [7, 11) is 0. The highest BCUT2D eigenvalue weighted by atomic mass is 35.5. The number of nitrogens with one attached hydrogen (secondary N) is 2. The average Bonchev–Trinajstić information content (AvgIpc) is 3.18. The van der Waals surface area contributed by atoms with Gasteiger partial charge in [-0.15, -0.1) is 0 Å². The Labute approximate surface area is 148 Å². The quantitative estimate of drug-likeness (QED) is 0.674. The fourth-order valence-corrected chi connectivity index (χ4v) is 2.46. The normalized spacial score (nSPS) is 10.6. The van der Waals surface area contributed by atoms with Gasteiger partial charge in [0.05, 0.1) is 19.4 Å². The lowest BCUT2D eigenvalue weighted by molar-refractivity contribution is 0.503. The molecule has 1 aromatic carbocycles. The monoisotopic (exact) mass is 364 g/mol. The zero-order chi connectivity index (χ0) is 16.9. The second-order valence-corrected chi connectivity index (χ2v) is 5.82. The van der Waals surface area contributed by atoms with Crippen molar-refractivity contribution in [2.24, 2.45) is 0 Å². The van der Waals surface area contributed by atoms with Crippen LogP contribution in [0.15, 0.2) is 53.3 Å². The first-order valence-corrected chi connectivity index (χ1v) is 7.94. The molecule has 0 amide bonds. The molecule has 0 unspecified atom stereocenters. The van der Waals surface area contributed by atoms with Crippen LogP contribution >= 0.6 is 23.8 Å². The van der Waals surface area contributed by atoms with E-state index in [4.69, 9.17) is 28.2 Å². The molecular formula is C16H14ClFN4OS. The van der Waals surface area contributed by atoms with E-state index in [1.165, 1.54) is 6.07 Å². The Morgan fingerprint density at radius 3 is 2.88 bits per heavy atom. The fourth-order valence-electron chi connectivity index (χ4n) is 2.10. The number of hydrogen-bond donors (Lipinski definition) is 2. The highest BCUT2D eigenvalue weighted by molar-refractivity contribution is 7.80. The maximum Gasteiger partial charge on any atom is 0.173 e. The van der Waals surface area contributed by atoms with Crippen molar-refractivity contribution in [3.63, 3.8) is 0 Å². The van der Waals surface area contributed by atoms with E-state index < -0.39 is 0 Å². The molecular weight excluding hydrogens is 351 g/mol. The summed E-state index contributed by atoms with van der Waals surface area (Å²) in [5.74, 6) is 0.884. The largest absolute Gasteiger partial charge is 0.467 e. The van der Waals surface area contributed by atoms with Gasteiger partial charge in [-0.1, -0.05) is 29.8 Å². The maximum atomic E-state index is 13.7. The molecule has 5 nitrogen and oxygen atoms in total. The van der Waals surface area contributed by atoms with Gasteiger partial charge >= 0.3 is 0 Å². The molecule has 0 saturated heterocycles.